The number of sulfonamides is 1. The number of anilines is 1. The van der Waals surface area contributed by atoms with E-state index >= 15 is 0 Å². The molecular weight excluding hydrogens is 432 g/mol. The van der Waals surface area contributed by atoms with Gasteiger partial charge in [0.05, 0.1) is 31.2 Å². The fraction of sp³-hybridized carbons (Fsp3) is 0.435. The number of amides is 1. The lowest BCUT2D eigenvalue weighted by Crippen LogP contribution is -2.37. The summed E-state index contributed by atoms with van der Waals surface area (Å²) in [5.74, 6) is 1.49. The van der Waals surface area contributed by atoms with E-state index in [1.54, 1.807) is 31.2 Å². The third kappa shape index (κ3) is 6.78. The first-order valence-electron chi connectivity index (χ1n) is 10.5. The number of carbonyl (C=O) groups excluding carboxylic acids is 1. The Labute approximate surface area is 190 Å². The second-order valence-electron chi connectivity index (χ2n) is 7.29. The fourth-order valence-corrected chi connectivity index (χ4v) is 3.44. The first-order chi connectivity index (χ1) is 15.1. The van der Waals surface area contributed by atoms with Crippen LogP contribution in [0.1, 0.15) is 39.3 Å². The van der Waals surface area contributed by atoms with Crippen LogP contribution < -0.4 is 23.8 Å². The molecule has 2 aromatic carbocycles. The van der Waals surface area contributed by atoms with Crippen molar-refractivity contribution >= 4 is 21.6 Å². The molecule has 9 heteroatoms. The Morgan fingerprint density at radius 2 is 1.59 bits per heavy atom. The molecular formula is C23H32N2O6S. The molecule has 0 aliphatic heterocycles. The van der Waals surface area contributed by atoms with Gasteiger partial charge < -0.3 is 19.5 Å². The van der Waals surface area contributed by atoms with Crippen LogP contribution in [0.5, 0.6) is 17.2 Å². The van der Waals surface area contributed by atoms with Gasteiger partial charge in [0, 0.05) is 7.05 Å². The minimum absolute atomic E-state index is 0.269. The number of hydrogen-bond acceptors (Lipinski definition) is 6. The molecule has 32 heavy (non-hydrogen) atoms. The van der Waals surface area contributed by atoms with Gasteiger partial charge in [0.1, 0.15) is 5.75 Å². The van der Waals surface area contributed by atoms with Gasteiger partial charge in [-0.1, -0.05) is 6.07 Å². The molecule has 8 nitrogen and oxygen atoms in total. The van der Waals surface area contributed by atoms with E-state index in [4.69, 9.17) is 14.2 Å². The summed E-state index contributed by atoms with van der Waals surface area (Å²) in [6, 6.07) is 11.8. The van der Waals surface area contributed by atoms with Gasteiger partial charge in [-0.25, -0.2) is 8.42 Å². The quantitative estimate of drug-likeness (QED) is 0.547. The number of ether oxygens (including phenoxy) is 3. The van der Waals surface area contributed by atoms with Crippen molar-refractivity contribution in [3.8, 4) is 17.2 Å². The molecule has 0 heterocycles. The van der Waals surface area contributed by atoms with E-state index < -0.39 is 16.1 Å². The summed E-state index contributed by atoms with van der Waals surface area (Å²) in [6.07, 6.45) is 0.386. The summed E-state index contributed by atoms with van der Waals surface area (Å²) in [4.78, 5) is 12.6. The Bertz CT molecular complexity index is 1010. The van der Waals surface area contributed by atoms with Crippen molar-refractivity contribution in [3.05, 3.63) is 48.0 Å². The van der Waals surface area contributed by atoms with Crippen LogP contribution >= 0.6 is 0 Å². The molecule has 176 valence electrons. The fourth-order valence-electron chi connectivity index (χ4n) is 2.93. The lowest BCUT2D eigenvalue weighted by molar-refractivity contribution is -0.127. The van der Waals surface area contributed by atoms with E-state index in [2.05, 4.69) is 5.32 Å². The molecule has 0 saturated carbocycles. The van der Waals surface area contributed by atoms with Crippen molar-refractivity contribution in [2.75, 3.05) is 30.8 Å². The molecule has 0 bridgehead atoms. The first-order valence-corrected chi connectivity index (χ1v) is 12.3. The van der Waals surface area contributed by atoms with Crippen LogP contribution in [-0.2, 0) is 14.8 Å². The maximum absolute atomic E-state index is 12.6. The van der Waals surface area contributed by atoms with Crippen LogP contribution in [0.4, 0.5) is 5.69 Å². The van der Waals surface area contributed by atoms with Crippen molar-refractivity contribution in [1.82, 2.24) is 5.32 Å². The van der Waals surface area contributed by atoms with Crippen LogP contribution in [0, 0.1) is 0 Å². The van der Waals surface area contributed by atoms with Crippen molar-refractivity contribution < 1.29 is 27.4 Å². The molecule has 0 radical (unpaired) electrons. The standard InChI is InChI=1S/C23H32N2O6S/c1-7-29-21-14-9-18(15-22(21)30-8-2)16(3)24-23(26)17(4)31-20-12-10-19(11-13-20)25(5)32(6,27)28/h9-17H,7-8H2,1-6H3,(H,24,26). The van der Waals surface area contributed by atoms with Crippen LogP contribution in [-0.4, -0.2) is 46.9 Å². The van der Waals surface area contributed by atoms with Crippen molar-refractivity contribution in [3.63, 3.8) is 0 Å². The van der Waals surface area contributed by atoms with E-state index in [0.29, 0.717) is 36.1 Å². The number of nitrogens with one attached hydrogen (secondary N) is 1. The Kier molecular flexibility index (Phi) is 8.77. The Morgan fingerprint density at radius 3 is 2.16 bits per heavy atom. The predicted octanol–water partition coefficient (Wildman–Crippen LogP) is 3.52. The Morgan fingerprint density at radius 1 is 1.00 bits per heavy atom. The molecule has 0 saturated heterocycles. The zero-order chi connectivity index (χ0) is 23.9. The van der Waals surface area contributed by atoms with Crippen LogP contribution in [0.25, 0.3) is 0 Å². The zero-order valence-electron chi connectivity index (χ0n) is 19.4. The number of rotatable bonds is 11. The van der Waals surface area contributed by atoms with E-state index in [1.807, 2.05) is 39.0 Å². The van der Waals surface area contributed by atoms with Gasteiger partial charge in [-0.3, -0.25) is 9.10 Å². The van der Waals surface area contributed by atoms with E-state index in [0.717, 1.165) is 11.8 Å². The molecule has 2 rings (SSSR count). The molecule has 1 amide bonds. The minimum Gasteiger partial charge on any atom is -0.490 e. The largest absolute Gasteiger partial charge is 0.490 e. The molecule has 0 spiro atoms. The topological polar surface area (TPSA) is 94.2 Å². The lowest BCUT2D eigenvalue weighted by Gasteiger charge is -2.21. The molecule has 2 unspecified atom stereocenters. The van der Waals surface area contributed by atoms with E-state index in [1.165, 1.54) is 11.4 Å². The number of carbonyl (C=O) groups is 1. The Balaban J connectivity index is 2.02. The second-order valence-corrected chi connectivity index (χ2v) is 9.30. The van der Waals surface area contributed by atoms with E-state index in [-0.39, 0.29) is 11.9 Å². The van der Waals surface area contributed by atoms with Gasteiger partial charge in [0.25, 0.3) is 5.91 Å². The summed E-state index contributed by atoms with van der Waals surface area (Å²) in [7, 11) is -1.87. The third-order valence-corrected chi connectivity index (χ3v) is 6.01. The predicted molar refractivity (Wildman–Crippen MR) is 125 cm³/mol. The van der Waals surface area contributed by atoms with Crippen molar-refractivity contribution in [2.45, 2.75) is 39.8 Å². The number of hydrogen-bond donors (Lipinski definition) is 1. The number of benzene rings is 2. The SMILES string of the molecule is CCOc1ccc(C(C)NC(=O)C(C)Oc2ccc(N(C)S(C)(=O)=O)cc2)cc1OCC. The van der Waals surface area contributed by atoms with Crippen LogP contribution in [0.2, 0.25) is 0 Å². The maximum Gasteiger partial charge on any atom is 0.261 e. The van der Waals surface area contributed by atoms with Crippen LogP contribution in [0.15, 0.2) is 42.5 Å². The molecule has 2 atom stereocenters. The summed E-state index contributed by atoms with van der Waals surface area (Å²) in [5.41, 5.74) is 1.39. The van der Waals surface area contributed by atoms with Crippen molar-refractivity contribution in [1.29, 1.82) is 0 Å². The highest BCUT2D eigenvalue weighted by Crippen LogP contribution is 2.31. The second kappa shape index (κ2) is 11.1. The normalized spacial score (nSPS) is 13.1. The maximum atomic E-state index is 12.6. The van der Waals surface area contributed by atoms with Gasteiger partial charge in [-0.15, -0.1) is 0 Å². The zero-order valence-corrected chi connectivity index (χ0v) is 20.2. The average molecular weight is 465 g/mol. The highest BCUT2D eigenvalue weighted by molar-refractivity contribution is 7.92. The molecule has 0 fully saturated rings. The van der Waals surface area contributed by atoms with Gasteiger partial charge in [-0.2, -0.15) is 0 Å². The Hall–Kier alpha value is -2.94. The first kappa shape index (κ1) is 25.3. The highest BCUT2D eigenvalue weighted by Gasteiger charge is 2.19. The molecule has 0 aliphatic carbocycles. The van der Waals surface area contributed by atoms with E-state index in [9.17, 15) is 13.2 Å². The summed E-state index contributed by atoms with van der Waals surface area (Å²) in [6.45, 7) is 8.39. The average Bonchev–Trinajstić information content (AvgIpc) is 2.74. The number of nitrogens with zero attached hydrogens (tertiary/aromatic N) is 1. The van der Waals surface area contributed by atoms with Gasteiger partial charge in [0.2, 0.25) is 10.0 Å². The molecule has 0 aromatic heterocycles. The highest BCUT2D eigenvalue weighted by atomic mass is 32.2. The molecule has 2 aromatic rings. The smallest absolute Gasteiger partial charge is 0.261 e. The summed E-state index contributed by atoms with van der Waals surface area (Å²) in [5, 5.41) is 2.94. The molecule has 1 N–H and O–H groups in total. The monoisotopic (exact) mass is 464 g/mol. The third-order valence-electron chi connectivity index (χ3n) is 4.81. The summed E-state index contributed by atoms with van der Waals surface area (Å²) < 4.78 is 41.4. The van der Waals surface area contributed by atoms with Crippen LogP contribution in [0.3, 0.4) is 0 Å². The van der Waals surface area contributed by atoms with Crippen molar-refractivity contribution in [2.24, 2.45) is 0 Å². The minimum atomic E-state index is -3.35. The van der Waals surface area contributed by atoms with Gasteiger partial charge in [-0.05, 0) is 69.7 Å². The summed E-state index contributed by atoms with van der Waals surface area (Å²) >= 11 is 0. The molecule has 0 aliphatic rings. The van der Waals surface area contributed by atoms with Gasteiger partial charge in [0.15, 0.2) is 17.6 Å². The van der Waals surface area contributed by atoms with Gasteiger partial charge >= 0.3 is 0 Å². The lowest BCUT2D eigenvalue weighted by atomic mass is 10.1.